The third-order valence-electron chi connectivity index (χ3n) is 2.18. The van der Waals surface area contributed by atoms with Crippen LogP contribution in [0.15, 0.2) is 18.2 Å². The lowest BCUT2D eigenvalue weighted by atomic mass is 10.1. The van der Waals surface area contributed by atoms with Crippen LogP contribution >= 0.6 is 0 Å². The van der Waals surface area contributed by atoms with Crippen LogP contribution in [0.4, 0.5) is 4.39 Å². The lowest BCUT2D eigenvalue weighted by molar-refractivity contribution is 0.0544. The molecule has 0 aliphatic rings. The molecular formula is C12H17FO3. The van der Waals surface area contributed by atoms with Crippen molar-refractivity contribution in [3.8, 4) is 5.75 Å². The van der Waals surface area contributed by atoms with E-state index in [1.54, 1.807) is 19.9 Å². The van der Waals surface area contributed by atoms with Crippen molar-refractivity contribution in [2.24, 2.45) is 0 Å². The van der Waals surface area contributed by atoms with E-state index in [0.29, 0.717) is 12.0 Å². The van der Waals surface area contributed by atoms with E-state index in [1.807, 2.05) is 0 Å². The maximum absolute atomic E-state index is 13.4. The molecule has 0 unspecified atom stereocenters. The Balaban J connectivity index is 2.66. The second-order valence-corrected chi connectivity index (χ2v) is 4.30. The zero-order valence-corrected chi connectivity index (χ0v) is 9.53. The first-order chi connectivity index (χ1) is 7.44. The average Bonchev–Trinajstić information content (AvgIpc) is 2.18. The van der Waals surface area contributed by atoms with E-state index in [-0.39, 0.29) is 19.0 Å². The fourth-order valence-corrected chi connectivity index (χ4v) is 1.24. The van der Waals surface area contributed by atoms with Gasteiger partial charge in [0.1, 0.15) is 0 Å². The number of rotatable bonds is 5. The third kappa shape index (κ3) is 3.79. The van der Waals surface area contributed by atoms with Crippen molar-refractivity contribution in [3.63, 3.8) is 0 Å². The summed E-state index contributed by atoms with van der Waals surface area (Å²) in [7, 11) is 0. The minimum Gasteiger partial charge on any atom is -0.490 e. The number of halogens is 1. The Labute approximate surface area is 94.5 Å². The standard InChI is InChI=1S/C12H17FO3/c1-12(2,15)6-7-16-11-9(8-14)4-3-5-10(11)13/h3-5,14-15H,6-8H2,1-2H3. The van der Waals surface area contributed by atoms with Crippen molar-refractivity contribution < 1.29 is 19.3 Å². The molecule has 0 spiro atoms. The quantitative estimate of drug-likeness (QED) is 0.808. The van der Waals surface area contributed by atoms with Gasteiger partial charge in [-0.3, -0.25) is 0 Å². The van der Waals surface area contributed by atoms with Crippen molar-refractivity contribution in [1.82, 2.24) is 0 Å². The van der Waals surface area contributed by atoms with Gasteiger partial charge < -0.3 is 14.9 Å². The van der Waals surface area contributed by atoms with Gasteiger partial charge in [-0.1, -0.05) is 12.1 Å². The smallest absolute Gasteiger partial charge is 0.165 e. The molecule has 0 saturated carbocycles. The molecule has 0 amide bonds. The zero-order valence-electron chi connectivity index (χ0n) is 9.53. The normalized spacial score (nSPS) is 11.6. The minimum absolute atomic E-state index is 0.0641. The molecule has 0 radical (unpaired) electrons. The molecule has 4 heteroatoms. The van der Waals surface area contributed by atoms with Crippen LogP contribution in [0.5, 0.6) is 5.75 Å². The van der Waals surface area contributed by atoms with Crippen LogP contribution in [0.25, 0.3) is 0 Å². The first kappa shape index (κ1) is 12.9. The SMILES string of the molecule is CC(C)(O)CCOc1c(F)cccc1CO. The summed E-state index contributed by atoms with van der Waals surface area (Å²) in [5.74, 6) is -0.434. The number of benzene rings is 1. The summed E-state index contributed by atoms with van der Waals surface area (Å²) in [6.07, 6.45) is 0.395. The third-order valence-corrected chi connectivity index (χ3v) is 2.18. The van der Waals surface area contributed by atoms with E-state index in [4.69, 9.17) is 9.84 Å². The van der Waals surface area contributed by atoms with E-state index in [2.05, 4.69) is 0 Å². The van der Waals surface area contributed by atoms with E-state index in [0.717, 1.165) is 0 Å². The highest BCUT2D eigenvalue weighted by Crippen LogP contribution is 2.23. The van der Waals surface area contributed by atoms with Gasteiger partial charge in [-0.2, -0.15) is 0 Å². The van der Waals surface area contributed by atoms with E-state index in [1.165, 1.54) is 12.1 Å². The highest BCUT2D eigenvalue weighted by atomic mass is 19.1. The van der Waals surface area contributed by atoms with Gasteiger partial charge in [0.05, 0.1) is 18.8 Å². The molecule has 1 rings (SSSR count). The largest absolute Gasteiger partial charge is 0.490 e. The maximum atomic E-state index is 13.4. The summed E-state index contributed by atoms with van der Waals surface area (Å²) in [4.78, 5) is 0. The van der Waals surface area contributed by atoms with E-state index in [9.17, 15) is 9.50 Å². The molecule has 0 bridgehead atoms. The predicted molar refractivity (Wildman–Crippen MR) is 58.7 cm³/mol. The molecule has 90 valence electrons. The topological polar surface area (TPSA) is 49.7 Å². The van der Waals surface area contributed by atoms with Gasteiger partial charge in [0.25, 0.3) is 0 Å². The van der Waals surface area contributed by atoms with Crippen molar-refractivity contribution in [3.05, 3.63) is 29.6 Å². The van der Waals surface area contributed by atoms with Gasteiger partial charge >= 0.3 is 0 Å². The van der Waals surface area contributed by atoms with Gasteiger partial charge in [0.2, 0.25) is 0 Å². The predicted octanol–water partition coefficient (Wildman–Crippen LogP) is 1.86. The fourth-order valence-electron chi connectivity index (χ4n) is 1.24. The first-order valence-electron chi connectivity index (χ1n) is 5.17. The number of hydrogen-bond acceptors (Lipinski definition) is 3. The van der Waals surface area contributed by atoms with E-state index < -0.39 is 11.4 Å². The van der Waals surface area contributed by atoms with Gasteiger partial charge in [-0.05, 0) is 19.9 Å². The summed E-state index contributed by atoms with van der Waals surface area (Å²) in [5, 5.41) is 18.5. The molecule has 16 heavy (non-hydrogen) atoms. The Morgan fingerprint density at radius 2 is 2.06 bits per heavy atom. The van der Waals surface area contributed by atoms with Gasteiger partial charge in [0.15, 0.2) is 11.6 Å². The first-order valence-corrected chi connectivity index (χ1v) is 5.17. The van der Waals surface area contributed by atoms with Crippen molar-refractivity contribution in [2.75, 3.05) is 6.61 Å². The van der Waals surface area contributed by atoms with Crippen molar-refractivity contribution in [2.45, 2.75) is 32.5 Å². The van der Waals surface area contributed by atoms with E-state index >= 15 is 0 Å². The van der Waals surface area contributed by atoms with Crippen LogP contribution in [0.2, 0.25) is 0 Å². The van der Waals surface area contributed by atoms with Gasteiger partial charge in [-0.15, -0.1) is 0 Å². The Hall–Kier alpha value is -1.13. The second kappa shape index (κ2) is 5.27. The number of ether oxygens (including phenoxy) is 1. The van der Waals surface area contributed by atoms with Crippen LogP contribution in [0.3, 0.4) is 0 Å². The summed E-state index contributed by atoms with van der Waals surface area (Å²) in [5.41, 5.74) is -0.430. The number of hydrogen-bond donors (Lipinski definition) is 2. The molecule has 0 aliphatic carbocycles. The number of aliphatic hydroxyl groups is 2. The number of aliphatic hydroxyl groups excluding tert-OH is 1. The molecule has 1 aromatic rings. The number of para-hydroxylation sites is 1. The van der Waals surface area contributed by atoms with Crippen LogP contribution in [-0.4, -0.2) is 22.4 Å². The molecule has 1 aromatic carbocycles. The highest BCUT2D eigenvalue weighted by Gasteiger charge is 2.14. The van der Waals surface area contributed by atoms with Crippen LogP contribution in [-0.2, 0) is 6.61 Å². The molecule has 0 fully saturated rings. The molecular weight excluding hydrogens is 211 g/mol. The molecule has 2 N–H and O–H groups in total. The molecule has 0 aromatic heterocycles. The molecule has 0 saturated heterocycles. The highest BCUT2D eigenvalue weighted by molar-refractivity contribution is 5.34. The summed E-state index contributed by atoms with van der Waals surface area (Å²) in [6, 6.07) is 4.39. The van der Waals surface area contributed by atoms with Crippen LogP contribution in [0, 0.1) is 5.82 Å². The molecule has 0 aliphatic heterocycles. The van der Waals surface area contributed by atoms with Crippen LogP contribution < -0.4 is 4.74 Å². The summed E-state index contributed by atoms with van der Waals surface area (Å²) < 4.78 is 18.6. The van der Waals surface area contributed by atoms with Gasteiger partial charge in [0, 0.05) is 12.0 Å². The minimum atomic E-state index is -0.843. The Kier molecular flexibility index (Phi) is 4.26. The van der Waals surface area contributed by atoms with Gasteiger partial charge in [-0.25, -0.2) is 4.39 Å². The molecule has 3 nitrogen and oxygen atoms in total. The Bertz CT molecular complexity index is 345. The molecule has 0 heterocycles. The van der Waals surface area contributed by atoms with Crippen LogP contribution in [0.1, 0.15) is 25.8 Å². The summed E-state index contributed by atoms with van der Waals surface area (Å²) in [6.45, 7) is 3.25. The van der Waals surface area contributed by atoms with Crippen molar-refractivity contribution >= 4 is 0 Å². The Morgan fingerprint density at radius 3 is 2.62 bits per heavy atom. The summed E-state index contributed by atoms with van der Waals surface area (Å²) >= 11 is 0. The maximum Gasteiger partial charge on any atom is 0.165 e. The monoisotopic (exact) mass is 228 g/mol. The average molecular weight is 228 g/mol. The zero-order chi connectivity index (χ0) is 12.2. The lowest BCUT2D eigenvalue weighted by Crippen LogP contribution is -2.22. The van der Waals surface area contributed by atoms with Crippen molar-refractivity contribution in [1.29, 1.82) is 0 Å². The Morgan fingerprint density at radius 1 is 1.38 bits per heavy atom. The molecule has 0 atom stereocenters. The lowest BCUT2D eigenvalue weighted by Gasteiger charge is -2.18. The second-order valence-electron chi connectivity index (χ2n) is 4.30. The fraction of sp³-hybridized carbons (Fsp3) is 0.500.